The van der Waals surface area contributed by atoms with Crippen LogP contribution >= 0.6 is 0 Å². The molecule has 6 N–H and O–H groups in total. The summed E-state index contributed by atoms with van der Waals surface area (Å²) in [5.74, 6) is 0.575. The van der Waals surface area contributed by atoms with Gasteiger partial charge in [-0.25, -0.2) is 4.79 Å². The summed E-state index contributed by atoms with van der Waals surface area (Å²) in [6.45, 7) is 0.580. The van der Waals surface area contributed by atoms with Crippen LogP contribution in [0.15, 0.2) is 48.5 Å². The molecular weight excluding hydrogens is 334 g/mol. The highest BCUT2D eigenvalue weighted by molar-refractivity contribution is 5.96. The highest BCUT2D eigenvalue weighted by Gasteiger charge is 2.32. The van der Waals surface area contributed by atoms with Gasteiger partial charge < -0.3 is 20.9 Å². The third-order valence-electron chi connectivity index (χ3n) is 3.97. The number of carbonyl (C=O) groups is 1. The number of nitrogens with one attached hydrogen (secondary N) is 2. The molecule has 0 radical (unpaired) electrons. The zero-order chi connectivity index (χ0) is 18.7. The lowest BCUT2D eigenvalue weighted by molar-refractivity contribution is 0.105. The first-order valence-corrected chi connectivity index (χ1v) is 7.94. The number of cyclic esters (lactones) is 1. The van der Waals surface area contributed by atoms with Crippen molar-refractivity contribution < 1.29 is 14.3 Å². The van der Waals surface area contributed by atoms with Gasteiger partial charge in [-0.05, 0) is 48.5 Å². The van der Waals surface area contributed by atoms with Gasteiger partial charge in [-0.3, -0.25) is 15.7 Å². The second kappa shape index (κ2) is 7.14. The zero-order valence-electron chi connectivity index (χ0n) is 13.9. The lowest BCUT2D eigenvalue weighted by atomic mass is 10.2. The number of hydrogen-bond acceptors (Lipinski definition) is 5. The number of nitrogens with zero attached hydrogens (tertiary/aromatic N) is 1. The van der Waals surface area contributed by atoms with E-state index in [1.165, 1.54) is 4.90 Å². The van der Waals surface area contributed by atoms with Crippen molar-refractivity contribution in [1.29, 1.82) is 10.8 Å². The summed E-state index contributed by atoms with van der Waals surface area (Å²) in [5.41, 5.74) is 12.7. The van der Waals surface area contributed by atoms with E-state index in [0.29, 0.717) is 29.1 Å². The fraction of sp³-hybridized carbons (Fsp3) is 0.167. The smallest absolute Gasteiger partial charge is 0.414 e. The molecule has 8 nitrogen and oxygen atoms in total. The van der Waals surface area contributed by atoms with Crippen molar-refractivity contribution in [2.45, 2.75) is 6.10 Å². The summed E-state index contributed by atoms with van der Waals surface area (Å²) in [7, 11) is 0. The summed E-state index contributed by atoms with van der Waals surface area (Å²) in [4.78, 5) is 13.6. The number of hydrogen-bond donors (Lipinski definition) is 4. The zero-order valence-corrected chi connectivity index (χ0v) is 13.9. The van der Waals surface area contributed by atoms with E-state index in [0.717, 1.165) is 0 Å². The lowest BCUT2D eigenvalue weighted by Crippen LogP contribution is -2.26. The van der Waals surface area contributed by atoms with E-state index in [1.807, 2.05) is 0 Å². The van der Waals surface area contributed by atoms with Gasteiger partial charge in [0.2, 0.25) is 0 Å². The van der Waals surface area contributed by atoms with Crippen molar-refractivity contribution in [3.8, 4) is 5.75 Å². The number of nitrogens with two attached hydrogens (primary N) is 2. The Morgan fingerprint density at radius 2 is 1.58 bits per heavy atom. The quantitative estimate of drug-likeness (QED) is 0.462. The third-order valence-corrected chi connectivity index (χ3v) is 3.97. The summed E-state index contributed by atoms with van der Waals surface area (Å²) in [5, 5.41) is 14.8. The van der Waals surface area contributed by atoms with Crippen LogP contribution in [-0.2, 0) is 4.74 Å². The number of amides is 1. The summed E-state index contributed by atoms with van der Waals surface area (Å²) >= 11 is 0. The number of ether oxygens (including phenoxy) is 2. The van der Waals surface area contributed by atoms with Gasteiger partial charge in [-0.1, -0.05) is 0 Å². The van der Waals surface area contributed by atoms with Crippen molar-refractivity contribution in [3.05, 3.63) is 59.7 Å². The van der Waals surface area contributed by atoms with Gasteiger partial charge in [0.25, 0.3) is 0 Å². The number of nitrogen functional groups attached to an aromatic ring is 2. The fourth-order valence-electron chi connectivity index (χ4n) is 2.56. The number of benzene rings is 2. The molecule has 0 bridgehead atoms. The Kier molecular flexibility index (Phi) is 4.74. The predicted octanol–water partition coefficient (Wildman–Crippen LogP) is 1.66. The topological polar surface area (TPSA) is 139 Å². The van der Waals surface area contributed by atoms with Crippen LogP contribution in [0.2, 0.25) is 0 Å². The minimum atomic E-state index is -0.443. The molecule has 3 rings (SSSR count). The van der Waals surface area contributed by atoms with Crippen LogP contribution in [-0.4, -0.2) is 37.0 Å². The van der Waals surface area contributed by atoms with Crippen molar-refractivity contribution in [2.24, 2.45) is 11.5 Å². The SMILES string of the molecule is N=C(N)c1ccc(OCC2CN(c3ccc(C(=N)N)cc3)C(=O)O2)cc1. The first-order valence-electron chi connectivity index (χ1n) is 7.94. The molecule has 1 atom stereocenters. The Morgan fingerprint density at radius 3 is 2.12 bits per heavy atom. The minimum Gasteiger partial charge on any atom is -0.490 e. The highest BCUT2D eigenvalue weighted by atomic mass is 16.6. The molecule has 26 heavy (non-hydrogen) atoms. The molecule has 1 aliphatic rings. The highest BCUT2D eigenvalue weighted by Crippen LogP contribution is 2.23. The maximum Gasteiger partial charge on any atom is 0.414 e. The molecule has 1 heterocycles. The average Bonchev–Trinajstić information content (AvgIpc) is 3.01. The Bertz CT molecular complexity index is 833. The van der Waals surface area contributed by atoms with E-state index in [-0.39, 0.29) is 18.3 Å². The Hall–Kier alpha value is -3.55. The maximum atomic E-state index is 12.1. The minimum absolute atomic E-state index is 0.00675. The monoisotopic (exact) mass is 353 g/mol. The molecule has 0 spiro atoms. The summed E-state index contributed by atoms with van der Waals surface area (Å²) in [6.07, 6.45) is -0.844. The number of anilines is 1. The molecule has 1 unspecified atom stereocenters. The molecule has 0 aromatic heterocycles. The maximum absolute atomic E-state index is 12.1. The molecule has 2 aromatic carbocycles. The first-order chi connectivity index (χ1) is 12.4. The van der Waals surface area contributed by atoms with Gasteiger partial charge in [-0.2, -0.15) is 0 Å². The molecule has 0 saturated carbocycles. The molecule has 1 amide bonds. The standard InChI is InChI=1S/C18H19N5O3/c19-16(20)11-1-5-13(6-2-11)23-9-15(26-18(23)24)10-25-14-7-3-12(4-8-14)17(21)22/h1-8,15H,9-10H2,(H3,19,20)(H3,21,22). The molecule has 1 saturated heterocycles. The number of rotatable bonds is 6. The molecule has 8 heteroatoms. The predicted molar refractivity (Wildman–Crippen MR) is 98.0 cm³/mol. The van der Waals surface area contributed by atoms with Gasteiger partial charge in [-0.15, -0.1) is 0 Å². The van der Waals surface area contributed by atoms with Crippen LogP contribution in [0.25, 0.3) is 0 Å². The van der Waals surface area contributed by atoms with Gasteiger partial charge in [0, 0.05) is 16.8 Å². The Morgan fingerprint density at radius 1 is 1.04 bits per heavy atom. The third kappa shape index (κ3) is 3.75. The molecule has 2 aromatic rings. The van der Waals surface area contributed by atoms with Crippen molar-refractivity contribution in [1.82, 2.24) is 0 Å². The largest absolute Gasteiger partial charge is 0.490 e. The average molecular weight is 353 g/mol. The van der Waals surface area contributed by atoms with Crippen LogP contribution in [0.5, 0.6) is 5.75 Å². The Balaban J connectivity index is 1.59. The van der Waals surface area contributed by atoms with E-state index in [9.17, 15) is 4.79 Å². The van der Waals surface area contributed by atoms with Crippen molar-refractivity contribution in [3.63, 3.8) is 0 Å². The van der Waals surface area contributed by atoms with Gasteiger partial charge in [0.15, 0.2) is 6.10 Å². The van der Waals surface area contributed by atoms with Gasteiger partial charge in [0.05, 0.1) is 6.54 Å². The molecule has 1 aliphatic heterocycles. The van der Waals surface area contributed by atoms with Gasteiger partial charge in [0.1, 0.15) is 24.0 Å². The number of amidine groups is 2. The van der Waals surface area contributed by atoms with E-state index in [1.54, 1.807) is 48.5 Å². The second-order valence-electron chi connectivity index (χ2n) is 5.83. The summed E-state index contributed by atoms with van der Waals surface area (Å²) < 4.78 is 11.0. The van der Waals surface area contributed by atoms with Crippen molar-refractivity contribution >= 4 is 23.5 Å². The molecule has 1 fully saturated rings. The fourth-order valence-corrected chi connectivity index (χ4v) is 2.56. The number of carbonyl (C=O) groups excluding carboxylic acids is 1. The normalized spacial score (nSPS) is 16.2. The van der Waals surface area contributed by atoms with E-state index in [4.69, 9.17) is 31.8 Å². The second-order valence-corrected chi connectivity index (χ2v) is 5.83. The lowest BCUT2D eigenvalue weighted by Gasteiger charge is -2.13. The van der Waals surface area contributed by atoms with E-state index in [2.05, 4.69) is 0 Å². The Labute approximate surface area is 150 Å². The van der Waals surface area contributed by atoms with Crippen LogP contribution in [0, 0.1) is 10.8 Å². The van der Waals surface area contributed by atoms with Crippen LogP contribution < -0.4 is 21.1 Å². The van der Waals surface area contributed by atoms with Crippen molar-refractivity contribution in [2.75, 3.05) is 18.1 Å². The van der Waals surface area contributed by atoms with Crippen LogP contribution in [0.3, 0.4) is 0 Å². The van der Waals surface area contributed by atoms with Crippen LogP contribution in [0.4, 0.5) is 10.5 Å². The van der Waals surface area contributed by atoms with E-state index < -0.39 is 12.2 Å². The van der Waals surface area contributed by atoms with Gasteiger partial charge >= 0.3 is 6.09 Å². The van der Waals surface area contributed by atoms with Crippen LogP contribution in [0.1, 0.15) is 11.1 Å². The molecule has 134 valence electrons. The van der Waals surface area contributed by atoms with E-state index >= 15 is 0 Å². The molecular formula is C18H19N5O3. The summed E-state index contributed by atoms with van der Waals surface area (Å²) in [6, 6.07) is 13.6. The first kappa shape index (κ1) is 17.3. The molecule has 0 aliphatic carbocycles.